The Hall–Kier alpha value is -0.380. The van der Waals surface area contributed by atoms with E-state index in [1.807, 2.05) is 6.08 Å². The highest BCUT2D eigenvalue weighted by Gasteiger charge is 2.23. The zero-order valence-corrected chi connectivity index (χ0v) is 10.0. The summed E-state index contributed by atoms with van der Waals surface area (Å²) < 4.78 is 5.27. The standard InChI is InChI=1S/C12H24N2O/c1-4-8-14(5-2)12(10-15-3)9-13-11-6-7-11/h4,11-13H,1,5-10H2,2-3H3. The number of nitrogens with one attached hydrogen (secondary N) is 1. The van der Waals surface area contributed by atoms with E-state index in [2.05, 4.69) is 23.7 Å². The second kappa shape index (κ2) is 6.99. The van der Waals surface area contributed by atoms with Crippen LogP contribution in [-0.2, 0) is 4.74 Å². The fourth-order valence-corrected chi connectivity index (χ4v) is 1.78. The Morgan fingerprint density at radius 2 is 2.33 bits per heavy atom. The molecule has 3 heteroatoms. The number of methoxy groups -OCH3 is 1. The molecule has 15 heavy (non-hydrogen) atoms. The van der Waals surface area contributed by atoms with E-state index in [-0.39, 0.29) is 0 Å². The van der Waals surface area contributed by atoms with Gasteiger partial charge < -0.3 is 10.1 Å². The van der Waals surface area contributed by atoms with Gasteiger partial charge in [0.2, 0.25) is 0 Å². The summed E-state index contributed by atoms with van der Waals surface area (Å²) in [6, 6.07) is 1.24. The number of hydrogen-bond acceptors (Lipinski definition) is 3. The maximum Gasteiger partial charge on any atom is 0.0630 e. The van der Waals surface area contributed by atoms with Gasteiger partial charge in [-0.25, -0.2) is 0 Å². The Balaban J connectivity index is 2.32. The lowest BCUT2D eigenvalue weighted by atomic mass is 10.2. The van der Waals surface area contributed by atoms with Crippen molar-refractivity contribution in [3.63, 3.8) is 0 Å². The molecule has 1 aliphatic carbocycles. The molecule has 3 nitrogen and oxygen atoms in total. The molecule has 1 N–H and O–H groups in total. The molecule has 0 aromatic heterocycles. The van der Waals surface area contributed by atoms with Crippen LogP contribution in [0.3, 0.4) is 0 Å². The normalized spacial score (nSPS) is 18.1. The van der Waals surface area contributed by atoms with Crippen molar-refractivity contribution in [1.29, 1.82) is 0 Å². The fourth-order valence-electron chi connectivity index (χ4n) is 1.78. The molecule has 88 valence electrons. The maximum atomic E-state index is 5.27. The zero-order chi connectivity index (χ0) is 11.1. The number of rotatable bonds is 9. The van der Waals surface area contributed by atoms with Gasteiger partial charge in [-0.1, -0.05) is 13.0 Å². The summed E-state index contributed by atoms with van der Waals surface area (Å²) in [6.07, 6.45) is 4.64. The van der Waals surface area contributed by atoms with Gasteiger partial charge in [-0.15, -0.1) is 6.58 Å². The first kappa shape index (κ1) is 12.7. The Bertz CT molecular complexity index is 180. The number of nitrogens with zero attached hydrogens (tertiary/aromatic N) is 1. The van der Waals surface area contributed by atoms with E-state index in [9.17, 15) is 0 Å². The molecule has 1 saturated carbocycles. The third kappa shape index (κ3) is 4.78. The van der Waals surface area contributed by atoms with E-state index in [0.717, 1.165) is 32.3 Å². The summed E-state index contributed by atoms with van der Waals surface area (Å²) in [5, 5.41) is 3.56. The Kier molecular flexibility index (Phi) is 5.91. The number of ether oxygens (including phenoxy) is 1. The molecule has 1 fully saturated rings. The summed E-state index contributed by atoms with van der Waals surface area (Å²) in [6.45, 7) is 9.79. The average molecular weight is 212 g/mol. The molecular weight excluding hydrogens is 188 g/mol. The van der Waals surface area contributed by atoms with E-state index >= 15 is 0 Å². The van der Waals surface area contributed by atoms with Gasteiger partial charge in [0.1, 0.15) is 0 Å². The number of hydrogen-bond donors (Lipinski definition) is 1. The number of likely N-dealkylation sites (N-methyl/N-ethyl adjacent to an activating group) is 1. The van der Waals surface area contributed by atoms with E-state index in [1.165, 1.54) is 12.8 Å². The average Bonchev–Trinajstić information content (AvgIpc) is 3.05. The van der Waals surface area contributed by atoms with Crippen LogP contribution in [0.25, 0.3) is 0 Å². The minimum absolute atomic E-state index is 0.471. The molecule has 1 atom stereocenters. The highest BCUT2D eigenvalue weighted by atomic mass is 16.5. The van der Waals surface area contributed by atoms with Gasteiger partial charge in [0.25, 0.3) is 0 Å². The van der Waals surface area contributed by atoms with Gasteiger partial charge >= 0.3 is 0 Å². The summed E-state index contributed by atoms with van der Waals surface area (Å²) in [5.74, 6) is 0. The molecule has 0 aliphatic heterocycles. The third-order valence-electron chi connectivity index (χ3n) is 2.86. The summed E-state index contributed by atoms with van der Waals surface area (Å²) >= 11 is 0. The van der Waals surface area contributed by atoms with Crippen LogP contribution >= 0.6 is 0 Å². The van der Waals surface area contributed by atoms with Crippen LogP contribution in [-0.4, -0.2) is 50.3 Å². The van der Waals surface area contributed by atoms with E-state index in [1.54, 1.807) is 7.11 Å². The summed E-state index contributed by atoms with van der Waals surface area (Å²) in [5.41, 5.74) is 0. The predicted molar refractivity (Wildman–Crippen MR) is 64.1 cm³/mol. The first-order chi connectivity index (χ1) is 7.31. The van der Waals surface area contributed by atoms with Crippen molar-refractivity contribution in [2.45, 2.75) is 31.8 Å². The van der Waals surface area contributed by atoms with Crippen molar-refractivity contribution >= 4 is 0 Å². The van der Waals surface area contributed by atoms with E-state index < -0.39 is 0 Å². The molecule has 0 spiro atoms. The Morgan fingerprint density at radius 3 is 2.80 bits per heavy atom. The quantitative estimate of drug-likeness (QED) is 0.582. The smallest absolute Gasteiger partial charge is 0.0630 e. The van der Waals surface area contributed by atoms with Crippen molar-refractivity contribution in [3.8, 4) is 0 Å². The lowest BCUT2D eigenvalue weighted by Gasteiger charge is -2.29. The maximum absolute atomic E-state index is 5.27. The van der Waals surface area contributed by atoms with Crippen LogP contribution in [0.1, 0.15) is 19.8 Å². The molecular formula is C12H24N2O. The lowest BCUT2D eigenvalue weighted by Crippen LogP contribution is -2.45. The monoisotopic (exact) mass is 212 g/mol. The van der Waals surface area contributed by atoms with Crippen LogP contribution in [0, 0.1) is 0 Å². The van der Waals surface area contributed by atoms with Crippen LogP contribution < -0.4 is 5.32 Å². The van der Waals surface area contributed by atoms with Crippen LogP contribution in [0.4, 0.5) is 0 Å². The SMILES string of the molecule is C=CCN(CC)C(CNC1CC1)COC. The summed E-state index contributed by atoms with van der Waals surface area (Å²) in [7, 11) is 1.77. The van der Waals surface area contributed by atoms with Gasteiger partial charge in [0.05, 0.1) is 6.61 Å². The Morgan fingerprint density at radius 1 is 1.60 bits per heavy atom. The van der Waals surface area contributed by atoms with Crippen molar-refractivity contribution < 1.29 is 4.74 Å². The topological polar surface area (TPSA) is 24.5 Å². The van der Waals surface area contributed by atoms with Gasteiger partial charge in [0.15, 0.2) is 0 Å². The molecule has 0 saturated heterocycles. The van der Waals surface area contributed by atoms with Gasteiger partial charge in [-0.05, 0) is 19.4 Å². The van der Waals surface area contributed by atoms with Crippen LogP contribution in [0.15, 0.2) is 12.7 Å². The third-order valence-corrected chi connectivity index (χ3v) is 2.86. The van der Waals surface area contributed by atoms with Crippen molar-refractivity contribution in [1.82, 2.24) is 10.2 Å². The molecule has 1 rings (SSSR count). The fraction of sp³-hybridized carbons (Fsp3) is 0.833. The molecule has 0 aromatic carbocycles. The molecule has 0 radical (unpaired) electrons. The second-order valence-electron chi connectivity index (χ2n) is 4.17. The highest BCUT2D eigenvalue weighted by Crippen LogP contribution is 2.18. The van der Waals surface area contributed by atoms with Gasteiger partial charge in [-0.2, -0.15) is 0 Å². The predicted octanol–water partition coefficient (Wildman–Crippen LogP) is 1.26. The zero-order valence-electron chi connectivity index (χ0n) is 10.0. The molecule has 0 bridgehead atoms. The molecule has 0 aromatic rings. The first-order valence-corrected chi connectivity index (χ1v) is 5.89. The van der Waals surface area contributed by atoms with Gasteiger partial charge in [0, 0.05) is 32.3 Å². The highest BCUT2D eigenvalue weighted by molar-refractivity contribution is 4.85. The first-order valence-electron chi connectivity index (χ1n) is 5.89. The van der Waals surface area contributed by atoms with Crippen LogP contribution in [0.5, 0.6) is 0 Å². The largest absolute Gasteiger partial charge is 0.383 e. The van der Waals surface area contributed by atoms with Crippen molar-refractivity contribution in [2.75, 3.05) is 33.4 Å². The summed E-state index contributed by atoms with van der Waals surface area (Å²) in [4.78, 5) is 2.39. The molecule has 0 amide bonds. The molecule has 0 heterocycles. The minimum atomic E-state index is 0.471. The molecule has 1 unspecified atom stereocenters. The Labute approximate surface area is 93.5 Å². The van der Waals surface area contributed by atoms with Crippen molar-refractivity contribution in [2.24, 2.45) is 0 Å². The minimum Gasteiger partial charge on any atom is -0.383 e. The van der Waals surface area contributed by atoms with E-state index in [4.69, 9.17) is 4.74 Å². The lowest BCUT2D eigenvalue weighted by molar-refractivity contribution is 0.0995. The molecule has 1 aliphatic rings. The van der Waals surface area contributed by atoms with Crippen molar-refractivity contribution in [3.05, 3.63) is 12.7 Å². The van der Waals surface area contributed by atoms with E-state index in [0.29, 0.717) is 6.04 Å². The second-order valence-corrected chi connectivity index (χ2v) is 4.17. The van der Waals surface area contributed by atoms with Crippen LogP contribution in [0.2, 0.25) is 0 Å². The van der Waals surface area contributed by atoms with Gasteiger partial charge in [-0.3, -0.25) is 4.90 Å².